The van der Waals surface area contributed by atoms with Crippen molar-refractivity contribution >= 4 is 23.2 Å². The fourth-order valence-electron chi connectivity index (χ4n) is 3.58. The SMILES string of the molecule is CC1CCN(CCCNC(=O)C2=NN(c3ccccc3)C(C(N)=O)C2)CC1. The van der Waals surface area contributed by atoms with Crippen LogP contribution < -0.4 is 16.1 Å². The number of hydrogen-bond acceptors (Lipinski definition) is 5. The molecule has 2 aliphatic rings. The average molecular weight is 371 g/mol. The molecule has 1 fully saturated rings. The monoisotopic (exact) mass is 371 g/mol. The summed E-state index contributed by atoms with van der Waals surface area (Å²) in [6.45, 7) is 6.20. The summed E-state index contributed by atoms with van der Waals surface area (Å²) in [7, 11) is 0. The van der Waals surface area contributed by atoms with Crippen LogP contribution in [-0.2, 0) is 9.59 Å². The molecule has 1 aromatic rings. The minimum absolute atomic E-state index is 0.216. The van der Waals surface area contributed by atoms with E-state index in [1.165, 1.54) is 12.8 Å². The summed E-state index contributed by atoms with van der Waals surface area (Å²) in [6, 6.07) is 8.69. The van der Waals surface area contributed by atoms with Gasteiger partial charge in [0.1, 0.15) is 11.8 Å². The Labute approximate surface area is 160 Å². The molecule has 0 aliphatic carbocycles. The lowest BCUT2D eigenvalue weighted by molar-refractivity contribution is -0.119. The van der Waals surface area contributed by atoms with Crippen molar-refractivity contribution in [1.82, 2.24) is 10.2 Å². The predicted octanol–water partition coefficient (Wildman–Crippen LogP) is 1.34. The smallest absolute Gasteiger partial charge is 0.267 e. The lowest BCUT2D eigenvalue weighted by Crippen LogP contribution is -2.40. The Morgan fingerprint density at radius 1 is 1.22 bits per heavy atom. The van der Waals surface area contributed by atoms with Crippen molar-refractivity contribution in [2.24, 2.45) is 16.8 Å². The van der Waals surface area contributed by atoms with E-state index in [1.807, 2.05) is 30.3 Å². The van der Waals surface area contributed by atoms with Gasteiger partial charge in [-0.3, -0.25) is 14.6 Å². The van der Waals surface area contributed by atoms with Gasteiger partial charge >= 0.3 is 0 Å². The van der Waals surface area contributed by atoms with Gasteiger partial charge in [-0.2, -0.15) is 5.10 Å². The Morgan fingerprint density at radius 2 is 1.93 bits per heavy atom. The van der Waals surface area contributed by atoms with Gasteiger partial charge in [-0.25, -0.2) is 0 Å². The third-order valence-corrected chi connectivity index (χ3v) is 5.33. The Balaban J connectivity index is 1.49. The number of primary amides is 1. The lowest BCUT2D eigenvalue weighted by atomic mass is 9.99. The quantitative estimate of drug-likeness (QED) is 0.708. The number of benzene rings is 1. The number of anilines is 1. The molecule has 1 atom stereocenters. The van der Waals surface area contributed by atoms with Crippen LogP contribution in [0.5, 0.6) is 0 Å². The van der Waals surface area contributed by atoms with Crippen LogP contribution in [0.1, 0.15) is 32.6 Å². The van der Waals surface area contributed by atoms with Gasteiger partial charge in [-0.05, 0) is 56.9 Å². The largest absolute Gasteiger partial charge is 0.368 e. The number of nitrogens with one attached hydrogen (secondary N) is 1. The molecule has 0 aromatic heterocycles. The highest BCUT2D eigenvalue weighted by molar-refractivity contribution is 6.40. The molecule has 1 saturated heterocycles. The summed E-state index contributed by atoms with van der Waals surface area (Å²) in [4.78, 5) is 26.7. The number of likely N-dealkylation sites (tertiary alicyclic amines) is 1. The fraction of sp³-hybridized carbons (Fsp3) is 0.550. The third kappa shape index (κ3) is 5.07. The maximum absolute atomic E-state index is 12.5. The molecule has 3 N–H and O–H groups in total. The van der Waals surface area contributed by atoms with Crippen LogP contribution in [0.3, 0.4) is 0 Å². The molecular weight excluding hydrogens is 342 g/mol. The molecule has 3 rings (SSSR count). The zero-order chi connectivity index (χ0) is 19.2. The highest BCUT2D eigenvalue weighted by atomic mass is 16.2. The van der Waals surface area contributed by atoms with Crippen LogP contribution in [-0.4, -0.2) is 54.6 Å². The van der Waals surface area contributed by atoms with Crippen molar-refractivity contribution in [1.29, 1.82) is 0 Å². The Bertz CT molecular complexity index is 683. The van der Waals surface area contributed by atoms with Crippen molar-refractivity contribution < 1.29 is 9.59 Å². The first kappa shape index (κ1) is 19.4. The number of hydrogen-bond donors (Lipinski definition) is 2. The van der Waals surface area contributed by atoms with Crippen LogP contribution in [0.25, 0.3) is 0 Å². The molecule has 2 amide bonds. The molecule has 0 spiro atoms. The van der Waals surface area contributed by atoms with Gasteiger partial charge in [0.2, 0.25) is 5.91 Å². The highest BCUT2D eigenvalue weighted by Gasteiger charge is 2.34. The van der Waals surface area contributed by atoms with Crippen molar-refractivity contribution in [2.75, 3.05) is 31.2 Å². The summed E-state index contributed by atoms with van der Waals surface area (Å²) < 4.78 is 0. The first-order valence-electron chi connectivity index (χ1n) is 9.76. The molecule has 27 heavy (non-hydrogen) atoms. The average Bonchev–Trinajstić information content (AvgIpc) is 3.13. The number of para-hydroxylation sites is 1. The van der Waals surface area contributed by atoms with Crippen LogP contribution >= 0.6 is 0 Å². The fourth-order valence-corrected chi connectivity index (χ4v) is 3.58. The van der Waals surface area contributed by atoms with E-state index in [1.54, 1.807) is 5.01 Å². The van der Waals surface area contributed by atoms with E-state index in [-0.39, 0.29) is 12.3 Å². The summed E-state index contributed by atoms with van der Waals surface area (Å²) in [5.41, 5.74) is 6.62. The Morgan fingerprint density at radius 3 is 2.59 bits per heavy atom. The number of rotatable bonds is 7. The van der Waals surface area contributed by atoms with Gasteiger partial charge in [0.05, 0.1) is 5.69 Å². The van der Waals surface area contributed by atoms with Gasteiger partial charge in [-0.15, -0.1) is 0 Å². The van der Waals surface area contributed by atoms with Crippen LogP contribution in [0.4, 0.5) is 5.69 Å². The summed E-state index contributed by atoms with van der Waals surface area (Å²) in [6.07, 6.45) is 3.66. The number of piperidine rings is 1. The number of nitrogens with two attached hydrogens (primary N) is 1. The number of carbonyl (C=O) groups excluding carboxylic acids is 2. The second-order valence-corrected chi connectivity index (χ2v) is 7.48. The molecule has 0 saturated carbocycles. The summed E-state index contributed by atoms with van der Waals surface area (Å²) >= 11 is 0. The van der Waals surface area contributed by atoms with E-state index in [2.05, 4.69) is 22.2 Å². The van der Waals surface area contributed by atoms with Crippen LogP contribution in [0.15, 0.2) is 35.4 Å². The third-order valence-electron chi connectivity index (χ3n) is 5.33. The normalized spacial score (nSPS) is 21.1. The lowest BCUT2D eigenvalue weighted by Gasteiger charge is -2.30. The highest BCUT2D eigenvalue weighted by Crippen LogP contribution is 2.24. The zero-order valence-electron chi connectivity index (χ0n) is 15.9. The maximum Gasteiger partial charge on any atom is 0.267 e. The van der Waals surface area contributed by atoms with E-state index < -0.39 is 11.9 Å². The van der Waals surface area contributed by atoms with Gasteiger partial charge in [0.15, 0.2) is 0 Å². The standard InChI is InChI=1S/C20H29N5O2/c1-15-8-12-24(13-9-15)11-5-10-22-20(27)17-14-18(19(21)26)25(23-17)16-6-3-2-4-7-16/h2-4,6-7,15,18H,5,8-14H2,1H3,(H2,21,26)(H,22,27). The summed E-state index contributed by atoms with van der Waals surface area (Å²) in [5.74, 6) is 0.128. The van der Waals surface area contributed by atoms with Gasteiger partial charge < -0.3 is 16.0 Å². The molecule has 2 aliphatic heterocycles. The predicted molar refractivity (Wildman–Crippen MR) is 106 cm³/mol. The first-order chi connectivity index (χ1) is 13.0. The van der Waals surface area contributed by atoms with Crippen molar-refractivity contribution in [3.8, 4) is 0 Å². The minimum Gasteiger partial charge on any atom is -0.368 e. The Hall–Kier alpha value is -2.41. The summed E-state index contributed by atoms with van der Waals surface area (Å²) in [5, 5.41) is 8.84. The van der Waals surface area contributed by atoms with E-state index in [0.717, 1.165) is 37.7 Å². The number of nitrogens with zero attached hydrogens (tertiary/aromatic N) is 3. The van der Waals surface area contributed by atoms with E-state index in [9.17, 15) is 9.59 Å². The Kier molecular flexibility index (Phi) is 6.45. The molecule has 0 bridgehead atoms. The van der Waals surface area contributed by atoms with Crippen LogP contribution in [0, 0.1) is 5.92 Å². The zero-order valence-corrected chi connectivity index (χ0v) is 15.9. The number of hydrazone groups is 1. The number of amides is 2. The van der Waals surface area contributed by atoms with E-state index >= 15 is 0 Å². The number of carbonyl (C=O) groups is 2. The molecule has 7 heteroatoms. The second-order valence-electron chi connectivity index (χ2n) is 7.48. The molecule has 7 nitrogen and oxygen atoms in total. The molecule has 1 aromatic carbocycles. The van der Waals surface area contributed by atoms with Gasteiger partial charge in [0.25, 0.3) is 5.91 Å². The van der Waals surface area contributed by atoms with Crippen LogP contribution in [0.2, 0.25) is 0 Å². The first-order valence-corrected chi connectivity index (χ1v) is 9.76. The van der Waals surface area contributed by atoms with Gasteiger partial charge in [0, 0.05) is 13.0 Å². The molecule has 146 valence electrons. The maximum atomic E-state index is 12.5. The van der Waals surface area contributed by atoms with Crippen molar-refractivity contribution in [3.63, 3.8) is 0 Å². The van der Waals surface area contributed by atoms with Crippen molar-refractivity contribution in [3.05, 3.63) is 30.3 Å². The topological polar surface area (TPSA) is 91.0 Å². The molecule has 0 radical (unpaired) electrons. The van der Waals surface area contributed by atoms with E-state index in [0.29, 0.717) is 12.3 Å². The van der Waals surface area contributed by atoms with Gasteiger partial charge in [-0.1, -0.05) is 25.1 Å². The van der Waals surface area contributed by atoms with Crippen molar-refractivity contribution in [2.45, 2.75) is 38.6 Å². The molecule has 2 heterocycles. The minimum atomic E-state index is -0.622. The molecule has 1 unspecified atom stereocenters. The van der Waals surface area contributed by atoms with E-state index in [4.69, 9.17) is 5.73 Å². The molecular formula is C20H29N5O2. The second kappa shape index (κ2) is 8.99.